The van der Waals surface area contributed by atoms with Crippen LogP contribution in [0.25, 0.3) is 0 Å². The quantitative estimate of drug-likeness (QED) is 0.683. The molecule has 0 aromatic heterocycles. The molecule has 2 N–H and O–H groups in total. The molecule has 0 radical (unpaired) electrons. The lowest BCUT2D eigenvalue weighted by Gasteiger charge is -2.34. The molecule has 15 heavy (non-hydrogen) atoms. The second-order valence-electron chi connectivity index (χ2n) is 4.60. The van der Waals surface area contributed by atoms with Crippen molar-refractivity contribution in [2.45, 2.75) is 31.7 Å². The molecule has 2 atom stereocenters. The molecule has 2 rings (SSSR count). The largest absolute Gasteiger partial charge is 0.381 e. The van der Waals surface area contributed by atoms with E-state index in [1.807, 2.05) is 4.90 Å². The van der Waals surface area contributed by atoms with E-state index in [0.717, 1.165) is 45.4 Å². The number of amides is 1. The van der Waals surface area contributed by atoms with E-state index in [1.54, 1.807) is 0 Å². The van der Waals surface area contributed by atoms with E-state index in [0.29, 0.717) is 6.61 Å². The van der Waals surface area contributed by atoms with Crippen LogP contribution < -0.4 is 5.73 Å². The van der Waals surface area contributed by atoms with Gasteiger partial charge in [-0.25, -0.2) is 0 Å². The van der Waals surface area contributed by atoms with Crippen LogP contribution in [-0.4, -0.2) is 43.2 Å². The van der Waals surface area contributed by atoms with Crippen molar-refractivity contribution in [3.05, 3.63) is 0 Å². The smallest absolute Gasteiger partial charge is 0.228 e. The van der Waals surface area contributed by atoms with Crippen LogP contribution in [0.15, 0.2) is 0 Å². The van der Waals surface area contributed by atoms with Gasteiger partial charge in [-0.15, -0.1) is 0 Å². The van der Waals surface area contributed by atoms with Crippen LogP contribution in [-0.2, 0) is 9.53 Å². The zero-order valence-corrected chi connectivity index (χ0v) is 9.15. The summed E-state index contributed by atoms with van der Waals surface area (Å²) in [6.07, 6.45) is 4.08. The summed E-state index contributed by atoms with van der Waals surface area (Å²) in [6.45, 7) is 3.02. The Morgan fingerprint density at radius 3 is 2.87 bits per heavy atom. The van der Waals surface area contributed by atoms with Crippen LogP contribution in [0.2, 0.25) is 0 Å². The van der Waals surface area contributed by atoms with Crippen molar-refractivity contribution in [3.8, 4) is 0 Å². The van der Waals surface area contributed by atoms with Crippen LogP contribution in [0, 0.1) is 5.92 Å². The van der Waals surface area contributed by atoms with Gasteiger partial charge in [-0.1, -0.05) is 0 Å². The molecule has 2 aliphatic rings. The van der Waals surface area contributed by atoms with E-state index < -0.39 is 0 Å². The van der Waals surface area contributed by atoms with Gasteiger partial charge in [0.1, 0.15) is 0 Å². The summed E-state index contributed by atoms with van der Waals surface area (Å²) in [5, 5.41) is 0. The summed E-state index contributed by atoms with van der Waals surface area (Å²) in [4.78, 5) is 14.0. The monoisotopic (exact) mass is 212 g/mol. The minimum absolute atomic E-state index is 0.0871. The topological polar surface area (TPSA) is 55.6 Å². The van der Waals surface area contributed by atoms with E-state index in [4.69, 9.17) is 10.5 Å². The molecule has 0 aliphatic carbocycles. The van der Waals surface area contributed by atoms with E-state index in [-0.39, 0.29) is 17.9 Å². The van der Waals surface area contributed by atoms with Crippen molar-refractivity contribution in [2.24, 2.45) is 11.7 Å². The molecular weight excluding hydrogens is 192 g/mol. The van der Waals surface area contributed by atoms with Crippen molar-refractivity contribution >= 4 is 5.91 Å². The third-order valence-electron chi connectivity index (χ3n) is 3.28. The lowest BCUT2D eigenvalue weighted by atomic mass is 9.98. The van der Waals surface area contributed by atoms with Gasteiger partial charge < -0.3 is 15.4 Å². The van der Waals surface area contributed by atoms with Gasteiger partial charge in [-0.2, -0.15) is 0 Å². The van der Waals surface area contributed by atoms with Gasteiger partial charge in [0.15, 0.2) is 0 Å². The summed E-state index contributed by atoms with van der Waals surface area (Å²) in [6, 6.07) is 0.173. The lowest BCUT2D eigenvalue weighted by molar-refractivity contribution is -0.140. The van der Waals surface area contributed by atoms with Gasteiger partial charge in [0.2, 0.25) is 5.91 Å². The van der Waals surface area contributed by atoms with Crippen LogP contribution in [0.3, 0.4) is 0 Å². The number of carbonyl (C=O) groups is 1. The zero-order chi connectivity index (χ0) is 10.7. The Morgan fingerprint density at radius 1 is 1.33 bits per heavy atom. The fourth-order valence-electron chi connectivity index (χ4n) is 2.40. The fourth-order valence-corrected chi connectivity index (χ4v) is 2.40. The third kappa shape index (κ3) is 2.69. The first-order valence-electron chi connectivity index (χ1n) is 5.89. The number of piperidine rings is 1. The molecule has 2 unspecified atom stereocenters. The molecular formula is C11H20N2O2. The van der Waals surface area contributed by atoms with E-state index in [9.17, 15) is 4.79 Å². The number of nitrogens with two attached hydrogens (primary N) is 1. The van der Waals surface area contributed by atoms with Gasteiger partial charge >= 0.3 is 0 Å². The first kappa shape index (κ1) is 10.9. The predicted octanol–water partition coefficient (Wildman–Crippen LogP) is 0.363. The highest BCUT2D eigenvalue weighted by molar-refractivity contribution is 5.79. The van der Waals surface area contributed by atoms with Gasteiger partial charge in [0, 0.05) is 25.7 Å². The molecule has 4 heteroatoms. The average Bonchev–Trinajstić information content (AvgIpc) is 2.29. The van der Waals surface area contributed by atoms with E-state index in [1.165, 1.54) is 0 Å². The number of nitrogens with zero attached hydrogens (tertiary/aromatic N) is 1. The maximum atomic E-state index is 12.1. The van der Waals surface area contributed by atoms with Crippen molar-refractivity contribution < 1.29 is 9.53 Å². The Kier molecular flexibility index (Phi) is 3.59. The molecule has 0 bridgehead atoms. The number of ether oxygens (including phenoxy) is 1. The van der Waals surface area contributed by atoms with Crippen molar-refractivity contribution in [1.82, 2.24) is 4.90 Å². The first-order valence-corrected chi connectivity index (χ1v) is 5.89. The van der Waals surface area contributed by atoms with Crippen LogP contribution >= 0.6 is 0 Å². The highest BCUT2D eigenvalue weighted by Crippen LogP contribution is 2.18. The summed E-state index contributed by atoms with van der Waals surface area (Å²) in [5.74, 6) is 0.342. The first-order chi connectivity index (χ1) is 7.27. The van der Waals surface area contributed by atoms with E-state index in [2.05, 4.69) is 0 Å². The van der Waals surface area contributed by atoms with Crippen LogP contribution in [0.5, 0.6) is 0 Å². The molecule has 2 saturated heterocycles. The Hall–Kier alpha value is -0.610. The number of likely N-dealkylation sites (tertiary alicyclic amines) is 1. The second-order valence-corrected chi connectivity index (χ2v) is 4.60. The minimum atomic E-state index is 0.0871. The van der Waals surface area contributed by atoms with Crippen molar-refractivity contribution in [1.29, 1.82) is 0 Å². The van der Waals surface area contributed by atoms with E-state index >= 15 is 0 Å². The molecule has 2 heterocycles. The third-order valence-corrected chi connectivity index (χ3v) is 3.28. The SMILES string of the molecule is NC1CCCN(C(=O)C2CCCOC2)C1. The van der Waals surface area contributed by atoms with Gasteiger partial charge in [0.25, 0.3) is 0 Å². The molecule has 0 aromatic carbocycles. The molecule has 0 saturated carbocycles. The van der Waals surface area contributed by atoms with Crippen molar-refractivity contribution in [3.63, 3.8) is 0 Å². The highest BCUT2D eigenvalue weighted by Gasteiger charge is 2.28. The number of hydrogen-bond acceptors (Lipinski definition) is 3. The normalized spacial score (nSPS) is 32.7. The zero-order valence-electron chi connectivity index (χ0n) is 9.15. The predicted molar refractivity (Wildman–Crippen MR) is 57.3 cm³/mol. The Bertz CT molecular complexity index is 227. The summed E-state index contributed by atoms with van der Waals surface area (Å²) in [7, 11) is 0. The van der Waals surface area contributed by atoms with Gasteiger partial charge in [-0.05, 0) is 25.7 Å². The maximum absolute atomic E-state index is 12.1. The van der Waals surface area contributed by atoms with Crippen LogP contribution in [0.4, 0.5) is 0 Å². The molecule has 4 nitrogen and oxygen atoms in total. The second kappa shape index (κ2) is 4.94. The molecule has 1 amide bonds. The molecule has 2 aliphatic heterocycles. The fraction of sp³-hybridized carbons (Fsp3) is 0.909. The lowest BCUT2D eigenvalue weighted by Crippen LogP contribution is -2.48. The Labute approximate surface area is 90.8 Å². The maximum Gasteiger partial charge on any atom is 0.228 e. The molecule has 0 spiro atoms. The standard InChI is InChI=1S/C11H20N2O2/c12-10-4-1-5-13(7-10)11(14)9-3-2-6-15-8-9/h9-10H,1-8,12H2. The average molecular weight is 212 g/mol. The Morgan fingerprint density at radius 2 is 2.20 bits per heavy atom. The van der Waals surface area contributed by atoms with Crippen molar-refractivity contribution in [2.75, 3.05) is 26.3 Å². The number of hydrogen-bond donors (Lipinski definition) is 1. The Balaban J connectivity index is 1.88. The number of carbonyl (C=O) groups excluding carboxylic acids is 1. The molecule has 2 fully saturated rings. The van der Waals surface area contributed by atoms with Crippen LogP contribution in [0.1, 0.15) is 25.7 Å². The van der Waals surface area contributed by atoms with Gasteiger partial charge in [-0.3, -0.25) is 4.79 Å². The highest BCUT2D eigenvalue weighted by atomic mass is 16.5. The minimum Gasteiger partial charge on any atom is -0.381 e. The molecule has 0 aromatic rings. The summed E-state index contributed by atoms with van der Waals surface area (Å²) >= 11 is 0. The summed E-state index contributed by atoms with van der Waals surface area (Å²) < 4.78 is 5.34. The summed E-state index contributed by atoms with van der Waals surface area (Å²) in [5.41, 5.74) is 5.87. The van der Waals surface area contributed by atoms with Gasteiger partial charge in [0.05, 0.1) is 12.5 Å². The number of rotatable bonds is 1. The molecule has 86 valence electrons.